The Bertz CT molecular complexity index is 409. The van der Waals surface area contributed by atoms with Crippen molar-refractivity contribution < 1.29 is 4.92 Å². The second-order valence-electron chi connectivity index (χ2n) is 4.08. The van der Waals surface area contributed by atoms with Crippen LogP contribution in [0.3, 0.4) is 0 Å². The third kappa shape index (κ3) is 3.41. The van der Waals surface area contributed by atoms with Gasteiger partial charge in [-0.2, -0.15) is 0 Å². The lowest BCUT2D eigenvalue weighted by atomic mass is 10.1. The molecule has 0 aromatic heterocycles. The largest absolute Gasteiger partial charge is 0.318 e. The summed E-state index contributed by atoms with van der Waals surface area (Å²) in [6, 6.07) is 5.00. The van der Waals surface area contributed by atoms with Crippen LogP contribution in [0.15, 0.2) is 18.2 Å². The van der Waals surface area contributed by atoms with Crippen molar-refractivity contribution in [2.24, 2.45) is 5.84 Å². The number of nitrogens with two attached hydrogens (primary N) is 1. The molecule has 0 aliphatic carbocycles. The molecule has 0 radical (unpaired) electrons. The van der Waals surface area contributed by atoms with Gasteiger partial charge < -0.3 is 5.43 Å². The summed E-state index contributed by atoms with van der Waals surface area (Å²) in [5.41, 5.74) is 3.71. The molecule has 1 aromatic rings. The predicted molar refractivity (Wildman–Crippen MR) is 72.1 cm³/mol. The second-order valence-corrected chi connectivity index (χ2v) is 4.08. The minimum absolute atomic E-state index is 0.0163. The summed E-state index contributed by atoms with van der Waals surface area (Å²) in [5.74, 6) is 5.41. The average molecular weight is 252 g/mol. The van der Waals surface area contributed by atoms with Gasteiger partial charge in [-0.25, -0.2) is 0 Å². The molecule has 0 bridgehead atoms. The lowest BCUT2D eigenvalue weighted by molar-refractivity contribution is -0.384. The number of nitrogens with one attached hydrogen (secondary N) is 1. The smallest absolute Gasteiger partial charge is 0.293 e. The van der Waals surface area contributed by atoms with Gasteiger partial charge in [0.2, 0.25) is 0 Å². The second kappa shape index (κ2) is 6.93. The van der Waals surface area contributed by atoms with E-state index in [4.69, 9.17) is 5.84 Å². The van der Waals surface area contributed by atoms with Gasteiger partial charge in [-0.05, 0) is 25.1 Å². The van der Waals surface area contributed by atoms with Crippen molar-refractivity contribution in [1.82, 2.24) is 4.90 Å². The number of nitro benzene ring substituents is 1. The van der Waals surface area contributed by atoms with E-state index in [-0.39, 0.29) is 5.69 Å². The Morgan fingerprint density at radius 1 is 1.44 bits per heavy atom. The van der Waals surface area contributed by atoms with Crippen LogP contribution >= 0.6 is 0 Å². The highest BCUT2D eigenvalue weighted by Crippen LogP contribution is 2.28. The van der Waals surface area contributed by atoms with Gasteiger partial charge in [0, 0.05) is 12.6 Å². The van der Waals surface area contributed by atoms with Crippen LogP contribution in [-0.4, -0.2) is 22.9 Å². The minimum atomic E-state index is -0.422. The quantitative estimate of drug-likeness (QED) is 0.441. The Labute approximate surface area is 107 Å². The molecule has 0 amide bonds. The van der Waals surface area contributed by atoms with Crippen LogP contribution in [0.5, 0.6) is 0 Å². The molecule has 1 aromatic carbocycles. The standard InChI is InChI=1S/C12H20N4O2/c1-3-8-15(4-2)9-10-6-5-7-11(16(17)18)12(10)14-13/h5-7,14H,3-4,8-9,13H2,1-2H3. The van der Waals surface area contributed by atoms with Crippen molar-refractivity contribution in [3.05, 3.63) is 33.9 Å². The van der Waals surface area contributed by atoms with Crippen LogP contribution in [0, 0.1) is 10.1 Å². The normalized spacial score (nSPS) is 10.7. The zero-order valence-corrected chi connectivity index (χ0v) is 10.8. The third-order valence-corrected chi connectivity index (χ3v) is 2.85. The maximum atomic E-state index is 10.9. The molecule has 0 spiro atoms. The first-order valence-electron chi connectivity index (χ1n) is 6.09. The minimum Gasteiger partial charge on any atom is -0.318 e. The average Bonchev–Trinajstić information content (AvgIpc) is 2.37. The monoisotopic (exact) mass is 252 g/mol. The van der Waals surface area contributed by atoms with E-state index in [1.165, 1.54) is 6.07 Å². The maximum absolute atomic E-state index is 10.9. The summed E-state index contributed by atoms with van der Waals surface area (Å²) in [6.45, 7) is 6.70. The highest BCUT2D eigenvalue weighted by molar-refractivity contribution is 5.65. The molecular formula is C12H20N4O2. The van der Waals surface area contributed by atoms with Crippen LogP contribution in [0.4, 0.5) is 11.4 Å². The highest BCUT2D eigenvalue weighted by atomic mass is 16.6. The summed E-state index contributed by atoms with van der Waals surface area (Å²) in [6.07, 6.45) is 1.05. The lowest BCUT2D eigenvalue weighted by Gasteiger charge is -2.21. The molecule has 0 unspecified atom stereocenters. The molecule has 0 saturated carbocycles. The van der Waals surface area contributed by atoms with E-state index in [0.29, 0.717) is 12.2 Å². The van der Waals surface area contributed by atoms with Crippen LogP contribution in [0.25, 0.3) is 0 Å². The van der Waals surface area contributed by atoms with Crippen molar-refractivity contribution in [2.45, 2.75) is 26.8 Å². The van der Waals surface area contributed by atoms with E-state index in [1.807, 2.05) is 6.07 Å². The van der Waals surface area contributed by atoms with Crippen LogP contribution in [0.1, 0.15) is 25.8 Å². The van der Waals surface area contributed by atoms with Gasteiger partial charge in [0.05, 0.1) is 4.92 Å². The van der Waals surface area contributed by atoms with Gasteiger partial charge >= 0.3 is 0 Å². The first-order valence-corrected chi connectivity index (χ1v) is 6.09. The Morgan fingerprint density at radius 3 is 2.67 bits per heavy atom. The van der Waals surface area contributed by atoms with Crippen molar-refractivity contribution in [2.75, 3.05) is 18.5 Å². The molecule has 0 heterocycles. The number of hydrogen-bond acceptors (Lipinski definition) is 5. The molecule has 6 nitrogen and oxygen atoms in total. The highest BCUT2D eigenvalue weighted by Gasteiger charge is 2.17. The van der Waals surface area contributed by atoms with Crippen molar-refractivity contribution in [3.63, 3.8) is 0 Å². The maximum Gasteiger partial charge on any atom is 0.293 e. The van der Waals surface area contributed by atoms with Gasteiger partial charge in [-0.1, -0.05) is 26.0 Å². The number of nitrogens with zero attached hydrogens (tertiary/aromatic N) is 2. The Morgan fingerprint density at radius 2 is 2.17 bits per heavy atom. The fourth-order valence-electron chi connectivity index (χ4n) is 1.94. The summed E-state index contributed by atoms with van der Waals surface area (Å²) < 4.78 is 0. The third-order valence-electron chi connectivity index (χ3n) is 2.85. The molecular weight excluding hydrogens is 232 g/mol. The number of hydrazine groups is 1. The van der Waals surface area contributed by atoms with E-state index in [0.717, 1.165) is 25.1 Å². The number of para-hydroxylation sites is 1. The number of hydrogen-bond donors (Lipinski definition) is 2. The molecule has 1 rings (SSSR count). The first-order chi connectivity index (χ1) is 8.63. The summed E-state index contributed by atoms with van der Waals surface area (Å²) >= 11 is 0. The number of benzene rings is 1. The fraction of sp³-hybridized carbons (Fsp3) is 0.500. The number of rotatable bonds is 7. The van der Waals surface area contributed by atoms with Gasteiger partial charge in [-0.3, -0.25) is 20.9 Å². The molecule has 3 N–H and O–H groups in total. The Kier molecular flexibility index (Phi) is 5.54. The SMILES string of the molecule is CCCN(CC)Cc1cccc([N+](=O)[O-])c1NN. The van der Waals surface area contributed by atoms with Crippen LogP contribution in [-0.2, 0) is 6.54 Å². The van der Waals surface area contributed by atoms with Gasteiger partial charge in [-0.15, -0.1) is 0 Å². The number of nitro groups is 1. The fourth-order valence-corrected chi connectivity index (χ4v) is 1.94. The Balaban J connectivity index is 3.01. The lowest BCUT2D eigenvalue weighted by Crippen LogP contribution is -2.24. The molecule has 0 saturated heterocycles. The number of anilines is 1. The summed E-state index contributed by atoms with van der Waals surface area (Å²) in [5, 5.41) is 10.9. The molecule has 6 heteroatoms. The van der Waals surface area contributed by atoms with Crippen molar-refractivity contribution in [3.8, 4) is 0 Å². The predicted octanol–water partition coefficient (Wildman–Crippen LogP) is 2.11. The van der Waals surface area contributed by atoms with Crippen LogP contribution < -0.4 is 11.3 Å². The van der Waals surface area contributed by atoms with Gasteiger partial charge in [0.1, 0.15) is 5.69 Å². The molecule has 0 fully saturated rings. The summed E-state index contributed by atoms with van der Waals surface area (Å²) in [7, 11) is 0. The van der Waals surface area contributed by atoms with E-state index in [1.54, 1.807) is 6.07 Å². The molecule has 100 valence electrons. The topological polar surface area (TPSA) is 84.4 Å². The van der Waals surface area contributed by atoms with E-state index < -0.39 is 4.92 Å². The zero-order valence-electron chi connectivity index (χ0n) is 10.8. The zero-order chi connectivity index (χ0) is 13.5. The van der Waals surface area contributed by atoms with Gasteiger partial charge in [0.25, 0.3) is 5.69 Å². The van der Waals surface area contributed by atoms with E-state index in [2.05, 4.69) is 24.2 Å². The molecule has 0 aliphatic heterocycles. The van der Waals surface area contributed by atoms with Gasteiger partial charge in [0.15, 0.2) is 0 Å². The van der Waals surface area contributed by atoms with Crippen LogP contribution in [0.2, 0.25) is 0 Å². The molecule has 0 aliphatic rings. The molecule has 0 atom stereocenters. The van der Waals surface area contributed by atoms with E-state index in [9.17, 15) is 10.1 Å². The Hall–Kier alpha value is -1.66. The summed E-state index contributed by atoms with van der Waals surface area (Å²) in [4.78, 5) is 12.7. The van der Waals surface area contributed by atoms with Crippen molar-refractivity contribution >= 4 is 11.4 Å². The first kappa shape index (κ1) is 14.4. The van der Waals surface area contributed by atoms with Crippen molar-refractivity contribution in [1.29, 1.82) is 0 Å². The molecule has 18 heavy (non-hydrogen) atoms. The van der Waals surface area contributed by atoms with E-state index >= 15 is 0 Å². The number of nitrogen functional groups attached to an aromatic ring is 1.